The Labute approximate surface area is 173 Å². The molecule has 2 heterocycles. The van der Waals surface area contributed by atoms with E-state index in [4.69, 9.17) is 9.84 Å². The third-order valence-electron chi connectivity index (χ3n) is 5.13. The molecule has 1 aliphatic rings. The van der Waals surface area contributed by atoms with Crippen molar-refractivity contribution in [3.05, 3.63) is 77.6 Å². The zero-order chi connectivity index (χ0) is 21.1. The molecule has 0 saturated carbocycles. The second-order valence-electron chi connectivity index (χ2n) is 7.06. The molecule has 2 aromatic carbocycles. The van der Waals surface area contributed by atoms with Gasteiger partial charge < -0.3 is 20.1 Å². The number of ether oxygens (including phenoxy) is 1. The number of para-hydroxylation sites is 1. The smallest absolute Gasteiger partial charge is 0.407 e. The predicted octanol–water partition coefficient (Wildman–Crippen LogP) is 3.48. The molecule has 0 bridgehead atoms. The number of aromatic nitrogens is 2. The lowest BCUT2D eigenvalue weighted by Gasteiger charge is -2.31. The van der Waals surface area contributed by atoms with Gasteiger partial charge in [-0.3, -0.25) is 4.79 Å². The van der Waals surface area contributed by atoms with Crippen molar-refractivity contribution >= 4 is 17.7 Å². The van der Waals surface area contributed by atoms with Gasteiger partial charge in [-0.15, -0.1) is 0 Å². The first-order valence-electron chi connectivity index (χ1n) is 9.64. The van der Waals surface area contributed by atoms with Gasteiger partial charge in [-0.05, 0) is 36.8 Å². The molecule has 0 spiro atoms. The first-order valence-corrected chi connectivity index (χ1v) is 9.64. The number of carbonyl (C=O) groups is 2. The highest BCUT2D eigenvalue weighted by Crippen LogP contribution is 2.24. The average Bonchev–Trinajstić information content (AvgIpc) is 3.16. The topological polar surface area (TPSA) is 96.7 Å². The quantitative estimate of drug-likeness (QED) is 0.691. The van der Waals surface area contributed by atoms with Crippen molar-refractivity contribution in [1.82, 2.24) is 14.7 Å². The van der Waals surface area contributed by atoms with Crippen LogP contribution in [0.25, 0.3) is 5.69 Å². The summed E-state index contributed by atoms with van der Waals surface area (Å²) in [5, 5.41) is 16.4. The molecule has 8 heteroatoms. The number of anilines is 1. The molecule has 154 valence electrons. The minimum Gasteiger partial charge on any atom is -0.465 e. The fraction of sp³-hybridized carbons (Fsp3) is 0.227. The highest BCUT2D eigenvalue weighted by Gasteiger charge is 2.25. The van der Waals surface area contributed by atoms with Crippen LogP contribution in [-0.2, 0) is 4.74 Å². The summed E-state index contributed by atoms with van der Waals surface area (Å²) >= 11 is 0. The van der Waals surface area contributed by atoms with Gasteiger partial charge in [0.1, 0.15) is 6.10 Å². The van der Waals surface area contributed by atoms with Crippen LogP contribution in [0.5, 0.6) is 0 Å². The van der Waals surface area contributed by atoms with E-state index in [-0.39, 0.29) is 12.0 Å². The first kappa shape index (κ1) is 19.7. The van der Waals surface area contributed by atoms with Gasteiger partial charge >= 0.3 is 6.09 Å². The lowest BCUT2D eigenvalue weighted by molar-refractivity contribution is -0.0231. The van der Waals surface area contributed by atoms with Crippen LogP contribution in [0.15, 0.2) is 60.8 Å². The number of benzene rings is 2. The van der Waals surface area contributed by atoms with Crippen LogP contribution in [-0.4, -0.2) is 51.5 Å². The highest BCUT2D eigenvalue weighted by atomic mass is 16.5. The van der Waals surface area contributed by atoms with Gasteiger partial charge in [-0.25, -0.2) is 9.48 Å². The second kappa shape index (κ2) is 8.38. The minimum atomic E-state index is -0.946. The highest BCUT2D eigenvalue weighted by molar-refractivity contribution is 6.05. The molecule has 2 N–H and O–H groups in total. The van der Waals surface area contributed by atoms with Crippen molar-refractivity contribution in [3.63, 3.8) is 0 Å². The molecule has 1 unspecified atom stereocenters. The summed E-state index contributed by atoms with van der Waals surface area (Å²) in [7, 11) is 0. The maximum Gasteiger partial charge on any atom is 0.407 e. The lowest BCUT2D eigenvalue weighted by Crippen LogP contribution is -2.41. The Bertz CT molecular complexity index is 1050. The molecule has 1 aliphatic heterocycles. The number of hydrogen-bond donors (Lipinski definition) is 2. The fourth-order valence-corrected chi connectivity index (χ4v) is 3.47. The van der Waals surface area contributed by atoms with E-state index in [0.717, 1.165) is 16.9 Å². The van der Waals surface area contributed by atoms with E-state index in [1.807, 2.05) is 49.4 Å². The molecular weight excluding hydrogens is 384 g/mol. The monoisotopic (exact) mass is 406 g/mol. The van der Waals surface area contributed by atoms with E-state index < -0.39 is 6.09 Å². The Hall–Kier alpha value is -3.65. The molecule has 4 rings (SSSR count). The van der Waals surface area contributed by atoms with Crippen LogP contribution in [0, 0.1) is 6.92 Å². The second-order valence-corrected chi connectivity index (χ2v) is 7.06. The van der Waals surface area contributed by atoms with E-state index >= 15 is 0 Å². The SMILES string of the molecule is Cc1c(C(=O)Nc2ccc(C3CN(C(=O)O)CCO3)cc2)cnn1-c1ccccc1. The van der Waals surface area contributed by atoms with E-state index in [1.54, 1.807) is 23.0 Å². The standard InChI is InChI=1S/C22H22N4O4/c1-15-19(13-23-26(15)18-5-3-2-4-6-18)21(27)24-17-9-7-16(8-10-17)20-14-25(22(28)29)11-12-30-20/h2-10,13,20H,11-12,14H2,1H3,(H,24,27)(H,28,29). The van der Waals surface area contributed by atoms with Crippen LogP contribution >= 0.6 is 0 Å². The van der Waals surface area contributed by atoms with Gasteiger partial charge in [0.2, 0.25) is 0 Å². The number of nitrogens with one attached hydrogen (secondary N) is 1. The van der Waals surface area contributed by atoms with Crippen molar-refractivity contribution in [3.8, 4) is 5.69 Å². The van der Waals surface area contributed by atoms with E-state index in [1.165, 1.54) is 4.90 Å². The number of carbonyl (C=O) groups excluding carboxylic acids is 1. The summed E-state index contributed by atoms with van der Waals surface area (Å²) in [6.45, 7) is 2.88. The van der Waals surface area contributed by atoms with Gasteiger partial charge in [0.15, 0.2) is 0 Å². The number of carboxylic acid groups (broad SMARTS) is 1. The molecule has 30 heavy (non-hydrogen) atoms. The van der Waals surface area contributed by atoms with Gasteiger partial charge in [-0.1, -0.05) is 30.3 Å². The van der Waals surface area contributed by atoms with Gasteiger partial charge in [0, 0.05) is 12.2 Å². The molecule has 0 aliphatic carbocycles. The Morgan fingerprint density at radius 1 is 1.13 bits per heavy atom. The molecule has 3 aromatic rings. The molecule has 8 nitrogen and oxygen atoms in total. The Kier molecular flexibility index (Phi) is 5.49. The van der Waals surface area contributed by atoms with E-state index in [2.05, 4.69) is 10.4 Å². The summed E-state index contributed by atoms with van der Waals surface area (Å²) in [5.74, 6) is -0.242. The Balaban J connectivity index is 1.44. The van der Waals surface area contributed by atoms with Crippen LogP contribution in [0.2, 0.25) is 0 Å². The lowest BCUT2D eigenvalue weighted by atomic mass is 10.1. The predicted molar refractivity (Wildman–Crippen MR) is 111 cm³/mol. The van der Waals surface area contributed by atoms with E-state index in [0.29, 0.717) is 30.9 Å². The zero-order valence-electron chi connectivity index (χ0n) is 16.5. The van der Waals surface area contributed by atoms with Gasteiger partial charge in [-0.2, -0.15) is 5.10 Å². The van der Waals surface area contributed by atoms with Crippen LogP contribution in [0.3, 0.4) is 0 Å². The molecule has 1 saturated heterocycles. The molecule has 1 atom stereocenters. The zero-order valence-corrected chi connectivity index (χ0v) is 16.5. The molecule has 0 radical (unpaired) electrons. The maximum atomic E-state index is 12.7. The third kappa shape index (κ3) is 4.04. The summed E-state index contributed by atoms with van der Waals surface area (Å²) in [6.07, 6.45) is 0.298. The maximum absolute atomic E-state index is 12.7. The number of rotatable bonds is 4. The first-order chi connectivity index (χ1) is 14.5. The van der Waals surface area contributed by atoms with Crippen molar-refractivity contribution in [2.24, 2.45) is 0 Å². The number of morpholine rings is 1. The van der Waals surface area contributed by atoms with Crippen molar-refractivity contribution < 1.29 is 19.4 Å². The van der Waals surface area contributed by atoms with Crippen LogP contribution < -0.4 is 5.32 Å². The van der Waals surface area contributed by atoms with Crippen molar-refractivity contribution in [2.75, 3.05) is 25.0 Å². The average molecular weight is 406 g/mol. The molecule has 1 aromatic heterocycles. The molecule has 1 fully saturated rings. The number of nitrogens with zero attached hydrogens (tertiary/aromatic N) is 3. The van der Waals surface area contributed by atoms with E-state index in [9.17, 15) is 9.59 Å². The Morgan fingerprint density at radius 2 is 1.87 bits per heavy atom. The fourth-order valence-electron chi connectivity index (χ4n) is 3.47. The van der Waals surface area contributed by atoms with Crippen LogP contribution in [0.4, 0.5) is 10.5 Å². The summed E-state index contributed by atoms with van der Waals surface area (Å²) in [4.78, 5) is 25.2. The van der Waals surface area contributed by atoms with Crippen molar-refractivity contribution in [2.45, 2.75) is 13.0 Å². The summed E-state index contributed by atoms with van der Waals surface area (Å²) < 4.78 is 7.42. The molecule has 2 amide bonds. The van der Waals surface area contributed by atoms with Crippen molar-refractivity contribution in [1.29, 1.82) is 0 Å². The van der Waals surface area contributed by atoms with Gasteiger partial charge in [0.25, 0.3) is 5.91 Å². The number of hydrogen-bond acceptors (Lipinski definition) is 4. The summed E-state index contributed by atoms with van der Waals surface area (Å²) in [6, 6.07) is 16.9. The normalized spacial score (nSPS) is 16.3. The summed E-state index contributed by atoms with van der Waals surface area (Å²) in [5.41, 5.74) is 3.64. The third-order valence-corrected chi connectivity index (χ3v) is 5.13. The van der Waals surface area contributed by atoms with Gasteiger partial charge in [0.05, 0.1) is 36.3 Å². The largest absolute Gasteiger partial charge is 0.465 e. The van der Waals surface area contributed by atoms with Crippen LogP contribution in [0.1, 0.15) is 27.7 Å². The minimum absolute atomic E-state index is 0.242. The Morgan fingerprint density at radius 3 is 2.57 bits per heavy atom. The molecular formula is C22H22N4O4. The number of amides is 2.